The van der Waals surface area contributed by atoms with E-state index in [0.717, 1.165) is 11.1 Å². The summed E-state index contributed by atoms with van der Waals surface area (Å²) in [5.74, 6) is 0.0872. The van der Waals surface area contributed by atoms with Gasteiger partial charge >= 0.3 is 6.03 Å². The minimum atomic E-state index is -0.250. The Morgan fingerprint density at radius 1 is 1.08 bits per heavy atom. The van der Waals surface area contributed by atoms with Gasteiger partial charge in [-0.05, 0) is 42.7 Å². The number of aryl methyl sites for hydroxylation is 1. The third-order valence-electron chi connectivity index (χ3n) is 4.33. The van der Waals surface area contributed by atoms with Gasteiger partial charge in [0.15, 0.2) is 0 Å². The zero-order valence-electron chi connectivity index (χ0n) is 14.6. The van der Waals surface area contributed by atoms with Gasteiger partial charge in [0.1, 0.15) is 11.5 Å². The summed E-state index contributed by atoms with van der Waals surface area (Å²) in [6.07, 6.45) is 1.86. The third kappa shape index (κ3) is 3.18. The lowest BCUT2D eigenvalue weighted by Gasteiger charge is -2.30. The molecule has 0 unspecified atom stereocenters. The maximum absolute atomic E-state index is 12.5. The number of urea groups is 1. The maximum Gasteiger partial charge on any atom is 0.326 e. The van der Waals surface area contributed by atoms with E-state index in [9.17, 15) is 15.0 Å². The van der Waals surface area contributed by atoms with Crippen LogP contribution in [0.25, 0.3) is 5.70 Å². The fourth-order valence-electron chi connectivity index (χ4n) is 2.96. The van der Waals surface area contributed by atoms with Crippen LogP contribution in [0.1, 0.15) is 36.5 Å². The summed E-state index contributed by atoms with van der Waals surface area (Å²) >= 11 is 0. The molecule has 0 fully saturated rings. The van der Waals surface area contributed by atoms with Gasteiger partial charge < -0.3 is 15.5 Å². The van der Waals surface area contributed by atoms with Crippen molar-refractivity contribution in [1.82, 2.24) is 5.32 Å². The molecule has 0 atom stereocenters. The first-order chi connectivity index (χ1) is 11.9. The number of amides is 2. The Balaban J connectivity index is 2.13. The number of hydrogen-bond acceptors (Lipinski definition) is 3. The van der Waals surface area contributed by atoms with E-state index in [0.29, 0.717) is 23.5 Å². The van der Waals surface area contributed by atoms with Crippen LogP contribution < -0.4 is 10.2 Å². The van der Waals surface area contributed by atoms with Crippen molar-refractivity contribution in [3.05, 3.63) is 59.2 Å². The first kappa shape index (κ1) is 16.9. The van der Waals surface area contributed by atoms with E-state index >= 15 is 0 Å². The first-order valence-corrected chi connectivity index (χ1v) is 8.29. The van der Waals surface area contributed by atoms with Crippen molar-refractivity contribution in [3.63, 3.8) is 0 Å². The molecule has 1 aliphatic heterocycles. The average Bonchev–Trinajstić information content (AvgIpc) is 2.55. The van der Waals surface area contributed by atoms with Crippen LogP contribution in [-0.4, -0.2) is 22.8 Å². The summed E-state index contributed by atoms with van der Waals surface area (Å²) in [5.41, 5.74) is 3.67. The van der Waals surface area contributed by atoms with Crippen LogP contribution in [0.5, 0.6) is 11.5 Å². The second-order valence-corrected chi connectivity index (χ2v) is 6.53. The molecule has 5 nitrogen and oxygen atoms in total. The predicted octanol–water partition coefficient (Wildman–Crippen LogP) is 4.10. The van der Waals surface area contributed by atoms with Gasteiger partial charge in [-0.2, -0.15) is 0 Å². The van der Waals surface area contributed by atoms with Crippen LogP contribution in [0.2, 0.25) is 0 Å². The molecule has 1 heterocycles. The summed E-state index contributed by atoms with van der Waals surface area (Å²) in [6, 6.07) is 10.5. The van der Waals surface area contributed by atoms with Crippen molar-refractivity contribution < 1.29 is 15.0 Å². The summed E-state index contributed by atoms with van der Waals surface area (Å²) in [6.45, 7) is 6.30. The highest BCUT2D eigenvalue weighted by Crippen LogP contribution is 2.38. The van der Waals surface area contributed by atoms with E-state index in [1.807, 2.05) is 51.1 Å². The highest BCUT2D eigenvalue weighted by Gasteiger charge is 2.27. The third-order valence-corrected chi connectivity index (χ3v) is 4.33. The summed E-state index contributed by atoms with van der Waals surface area (Å²) in [5, 5.41) is 23.3. The first-order valence-electron chi connectivity index (χ1n) is 8.29. The largest absolute Gasteiger partial charge is 0.508 e. The quantitative estimate of drug-likeness (QED) is 0.789. The molecule has 0 spiro atoms. The maximum atomic E-state index is 12.5. The van der Waals surface area contributed by atoms with E-state index in [1.54, 1.807) is 11.0 Å². The molecule has 130 valence electrons. The average molecular weight is 338 g/mol. The second kappa shape index (κ2) is 6.51. The number of carbonyl (C=O) groups excluding carboxylic acids is 1. The normalized spacial score (nSPS) is 14.5. The van der Waals surface area contributed by atoms with Crippen LogP contribution >= 0.6 is 0 Å². The Labute approximate surface area is 147 Å². The van der Waals surface area contributed by atoms with Gasteiger partial charge in [0, 0.05) is 18.2 Å². The van der Waals surface area contributed by atoms with Gasteiger partial charge in [0.25, 0.3) is 0 Å². The van der Waals surface area contributed by atoms with Gasteiger partial charge in [0.05, 0.1) is 11.4 Å². The lowest BCUT2D eigenvalue weighted by molar-refractivity contribution is 0.249. The number of nitrogens with one attached hydrogen (secondary N) is 1. The molecule has 2 amide bonds. The van der Waals surface area contributed by atoms with Crippen LogP contribution in [0.15, 0.2) is 42.5 Å². The number of hydrogen-bond donors (Lipinski definition) is 3. The molecule has 1 aliphatic rings. The molecule has 5 heteroatoms. The number of anilines is 1. The second-order valence-electron chi connectivity index (χ2n) is 6.53. The summed E-state index contributed by atoms with van der Waals surface area (Å²) in [7, 11) is 0. The van der Waals surface area contributed by atoms with Gasteiger partial charge in [-0.1, -0.05) is 31.5 Å². The Kier molecular flexibility index (Phi) is 4.40. The van der Waals surface area contributed by atoms with E-state index in [4.69, 9.17) is 0 Å². The van der Waals surface area contributed by atoms with Crippen molar-refractivity contribution in [2.75, 3.05) is 11.4 Å². The van der Waals surface area contributed by atoms with Crippen molar-refractivity contribution >= 4 is 17.4 Å². The van der Waals surface area contributed by atoms with Gasteiger partial charge in [-0.3, -0.25) is 4.90 Å². The molecule has 2 aromatic rings. The monoisotopic (exact) mass is 338 g/mol. The zero-order valence-corrected chi connectivity index (χ0v) is 14.6. The van der Waals surface area contributed by atoms with Crippen LogP contribution in [0.4, 0.5) is 10.5 Å². The lowest BCUT2D eigenvalue weighted by Crippen LogP contribution is -2.42. The van der Waals surface area contributed by atoms with Gasteiger partial charge in [0.2, 0.25) is 0 Å². The Morgan fingerprint density at radius 3 is 2.40 bits per heavy atom. The number of rotatable bonds is 3. The fourth-order valence-corrected chi connectivity index (χ4v) is 2.96. The molecule has 3 rings (SSSR count). The number of nitrogens with zero attached hydrogens (tertiary/aromatic N) is 1. The molecule has 0 bridgehead atoms. The molecule has 0 aliphatic carbocycles. The molecule has 0 radical (unpaired) electrons. The Bertz CT molecular complexity index is 839. The van der Waals surface area contributed by atoms with Crippen molar-refractivity contribution in [2.45, 2.75) is 26.7 Å². The van der Waals surface area contributed by atoms with E-state index < -0.39 is 0 Å². The molecule has 3 N–H and O–H groups in total. The lowest BCUT2D eigenvalue weighted by atomic mass is 9.96. The van der Waals surface area contributed by atoms with Crippen LogP contribution in [0, 0.1) is 6.92 Å². The fraction of sp³-hybridized carbons (Fsp3) is 0.250. The van der Waals surface area contributed by atoms with Gasteiger partial charge in [-0.25, -0.2) is 4.79 Å². The van der Waals surface area contributed by atoms with Crippen molar-refractivity contribution in [1.29, 1.82) is 0 Å². The molecular weight excluding hydrogens is 316 g/mol. The highest BCUT2D eigenvalue weighted by molar-refractivity contribution is 6.07. The van der Waals surface area contributed by atoms with Gasteiger partial charge in [-0.15, -0.1) is 0 Å². The topological polar surface area (TPSA) is 72.8 Å². The Morgan fingerprint density at radius 2 is 1.76 bits per heavy atom. The molecule has 0 aromatic heterocycles. The summed E-state index contributed by atoms with van der Waals surface area (Å²) < 4.78 is 0. The van der Waals surface area contributed by atoms with Crippen LogP contribution in [0.3, 0.4) is 0 Å². The predicted molar refractivity (Wildman–Crippen MR) is 98.9 cm³/mol. The molecule has 0 saturated heterocycles. The number of carbonyl (C=O) groups is 1. The van der Waals surface area contributed by atoms with Crippen molar-refractivity contribution in [3.8, 4) is 11.5 Å². The SMILES string of the molecule is Cc1ccc(N2C(=O)NCC=C2c2cc(C(C)C)c(O)cc2O)cc1. The minimum absolute atomic E-state index is 0.0546. The van der Waals surface area contributed by atoms with E-state index in [-0.39, 0.29) is 23.4 Å². The number of benzene rings is 2. The minimum Gasteiger partial charge on any atom is -0.508 e. The molecule has 25 heavy (non-hydrogen) atoms. The number of phenols is 2. The zero-order chi connectivity index (χ0) is 18.1. The molecule has 2 aromatic carbocycles. The summed E-state index contributed by atoms with van der Waals surface area (Å²) in [4.78, 5) is 14.0. The molecule has 0 saturated carbocycles. The number of aromatic hydroxyl groups is 2. The van der Waals surface area contributed by atoms with E-state index in [1.165, 1.54) is 6.07 Å². The molecular formula is C20H22N2O3. The standard InChI is InChI=1S/C20H22N2O3/c1-12(2)15-10-16(19(24)11-18(15)23)17-8-9-21-20(25)22(17)14-6-4-13(3)5-7-14/h4-8,10-12,23-24H,9H2,1-3H3,(H,21,25). The highest BCUT2D eigenvalue weighted by atomic mass is 16.3. The number of phenolic OH excluding ortho intramolecular Hbond substituents is 2. The van der Waals surface area contributed by atoms with Crippen molar-refractivity contribution in [2.24, 2.45) is 0 Å². The van der Waals surface area contributed by atoms with Crippen LogP contribution in [-0.2, 0) is 0 Å². The Hall–Kier alpha value is -2.95. The smallest absolute Gasteiger partial charge is 0.326 e. The van der Waals surface area contributed by atoms with E-state index in [2.05, 4.69) is 5.32 Å².